The van der Waals surface area contributed by atoms with Gasteiger partial charge in [-0.1, -0.05) is 23.7 Å². The van der Waals surface area contributed by atoms with Gasteiger partial charge in [0.15, 0.2) is 0 Å². The lowest BCUT2D eigenvalue weighted by molar-refractivity contribution is 0.687. The SMILES string of the molecule is Cn1cc(CNC2CC2)c(-c2cccc(Cl)c2)n1. The summed E-state index contributed by atoms with van der Waals surface area (Å²) in [5.41, 5.74) is 3.33. The Bertz CT molecular complexity index is 558. The van der Waals surface area contributed by atoms with Crippen molar-refractivity contribution in [1.29, 1.82) is 0 Å². The summed E-state index contributed by atoms with van der Waals surface area (Å²) in [6.07, 6.45) is 4.67. The Labute approximate surface area is 112 Å². The molecule has 18 heavy (non-hydrogen) atoms. The summed E-state index contributed by atoms with van der Waals surface area (Å²) in [7, 11) is 1.95. The third-order valence-electron chi connectivity index (χ3n) is 3.16. The fraction of sp³-hybridized carbons (Fsp3) is 0.357. The highest BCUT2D eigenvalue weighted by Gasteiger charge is 2.21. The minimum Gasteiger partial charge on any atom is -0.310 e. The third kappa shape index (κ3) is 2.57. The van der Waals surface area contributed by atoms with Gasteiger partial charge >= 0.3 is 0 Å². The molecule has 0 amide bonds. The van der Waals surface area contributed by atoms with Crippen LogP contribution in [0.4, 0.5) is 0 Å². The molecule has 0 atom stereocenters. The molecule has 4 heteroatoms. The maximum atomic E-state index is 6.04. The van der Waals surface area contributed by atoms with Crippen molar-refractivity contribution in [2.45, 2.75) is 25.4 Å². The van der Waals surface area contributed by atoms with E-state index in [4.69, 9.17) is 11.6 Å². The molecule has 1 fully saturated rings. The van der Waals surface area contributed by atoms with Crippen LogP contribution in [-0.2, 0) is 13.6 Å². The van der Waals surface area contributed by atoms with Crippen molar-refractivity contribution in [3.8, 4) is 11.3 Å². The molecule has 0 saturated heterocycles. The first kappa shape index (κ1) is 11.8. The van der Waals surface area contributed by atoms with Gasteiger partial charge in [-0.2, -0.15) is 5.10 Å². The summed E-state index contributed by atoms with van der Waals surface area (Å²) in [6, 6.07) is 8.57. The second-order valence-electron chi connectivity index (χ2n) is 4.84. The van der Waals surface area contributed by atoms with Crippen molar-refractivity contribution < 1.29 is 0 Å². The molecular formula is C14H16ClN3. The Morgan fingerprint density at radius 3 is 3.00 bits per heavy atom. The van der Waals surface area contributed by atoms with Gasteiger partial charge in [0.25, 0.3) is 0 Å². The van der Waals surface area contributed by atoms with E-state index in [2.05, 4.69) is 22.7 Å². The van der Waals surface area contributed by atoms with Crippen LogP contribution in [0.15, 0.2) is 30.5 Å². The largest absolute Gasteiger partial charge is 0.310 e. The van der Waals surface area contributed by atoms with Crippen LogP contribution in [-0.4, -0.2) is 15.8 Å². The van der Waals surface area contributed by atoms with Crippen molar-refractivity contribution >= 4 is 11.6 Å². The number of nitrogens with one attached hydrogen (secondary N) is 1. The van der Waals surface area contributed by atoms with E-state index in [-0.39, 0.29) is 0 Å². The summed E-state index contributed by atoms with van der Waals surface area (Å²) in [4.78, 5) is 0. The van der Waals surface area contributed by atoms with E-state index in [0.29, 0.717) is 6.04 Å². The van der Waals surface area contributed by atoms with Gasteiger partial charge in [-0.15, -0.1) is 0 Å². The molecule has 94 valence electrons. The van der Waals surface area contributed by atoms with Crippen molar-refractivity contribution in [3.05, 3.63) is 41.0 Å². The molecule has 1 aromatic carbocycles. The van der Waals surface area contributed by atoms with Crippen LogP contribution >= 0.6 is 11.6 Å². The molecule has 1 N–H and O–H groups in total. The molecule has 0 spiro atoms. The molecule has 0 bridgehead atoms. The summed E-state index contributed by atoms with van der Waals surface area (Å²) in [5, 5.41) is 8.81. The normalized spacial score (nSPS) is 15.0. The number of halogens is 1. The topological polar surface area (TPSA) is 29.9 Å². The Morgan fingerprint density at radius 1 is 1.44 bits per heavy atom. The van der Waals surface area contributed by atoms with Gasteiger partial charge < -0.3 is 5.32 Å². The predicted molar refractivity (Wildman–Crippen MR) is 73.5 cm³/mol. The predicted octanol–water partition coefficient (Wildman–Crippen LogP) is 2.99. The van der Waals surface area contributed by atoms with Crippen molar-refractivity contribution in [3.63, 3.8) is 0 Å². The molecule has 2 aromatic rings. The lowest BCUT2D eigenvalue weighted by Crippen LogP contribution is -2.15. The van der Waals surface area contributed by atoms with Gasteiger partial charge in [-0.25, -0.2) is 0 Å². The molecular weight excluding hydrogens is 246 g/mol. The van der Waals surface area contributed by atoms with Crippen molar-refractivity contribution in [2.24, 2.45) is 7.05 Å². The van der Waals surface area contributed by atoms with Crippen LogP contribution in [0.25, 0.3) is 11.3 Å². The van der Waals surface area contributed by atoms with Crippen LogP contribution in [0, 0.1) is 0 Å². The first-order valence-electron chi connectivity index (χ1n) is 6.24. The highest BCUT2D eigenvalue weighted by atomic mass is 35.5. The summed E-state index contributed by atoms with van der Waals surface area (Å²) < 4.78 is 1.86. The quantitative estimate of drug-likeness (QED) is 0.917. The Morgan fingerprint density at radius 2 is 2.28 bits per heavy atom. The Balaban J connectivity index is 1.89. The van der Waals surface area contributed by atoms with Crippen LogP contribution < -0.4 is 5.32 Å². The second kappa shape index (κ2) is 4.75. The molecule has 0 aliphatic heterocycles. The standard InChI is InChI=1S/C14H16ClN3/c1-18-9-11(8-16-13-5-6-13)14(17-18)10-3-2-4-12(15)7-10/h2-4,7,9,13,16H,5-6,8H2,1H3. The Kier molecular flexibility index (Phi) is 3.10. The second-order valence-corrected chi connectivity index (χ2v) is 5.28. The molecule has 1 heterocycles. The number of rotatable bonds is 4. The molecule has 1 saturated carbocycles. The fourth-order valence-corrected chi connectivity index (χ4v) is 2.28. The lowest BCUT2D eigenvalue weighted by atomic mass is 10.1. The highest BCUT2D eigenvalue weighted by Crippen LogP contribution is 2.26. The molecule has 1 aliphatic rings. The van der Waals surface area contributed by atoms with E-state index in [9.17, 15) is 0 Å². The maximum Gasteiger partial charge on any atom is 0.0968 e. The molecule has 0 radical (unpaired) electrons. The molecule has 1 aliphatic carbocycles. The third-order valence-corrected chi connectivity index (χ3v) is 3.40. The van der Waals surface area contributed by atoms with E-state index in [1.54, 1.807) is 0 Å². The van der Waals surface area contributed by atoms with E-state index < -0.39 is 0 Å². The van der Waals surface area contributed by atoms with Gasteiger partial charge in [0.05, 0.1) is 5.69 Å². The summed E-state index contributed by atoms with van der Waals surface area (Å²) >= 11 is 6.04. The van der Waals surface area contributed by atoms with Gasteiger partial charge in [0.2, 0.25) is 0 Å². The maximum absolute atomic E-state index is 6.04. The number of nitrogens with zero attached hydrogens (tertiary/aromatic N) is 2. The number of hydrogen-bond acceptors (Lipinski definition) is 2. The first-order valence-corrected chi connectivity index (χ1v) is 6.62. The van der Waals surface area contributed by atoms with Gasteiger partial charge in [0, 0.05) is 42.0 Å². The number of aryl methyl sites for hydroxylation is 1. The molecule has 3 nitrogen and oxygen atoms in total. The monoisotopic (exact) mass is 261 g/mol. The molecule has 1 aromatic heterocycles. The summed E-state index contributed by atoms with van der Waals surface area (Å²) in [5.74, 6) is 0. The van der Waals surface area contributed by atoms with Crippen molar-refractivity contribution in [1.82, 2.24) is 15.1 Å². The van der Waals surface area contributed by atoms with E-state index >= 15 is 0 Å². The zero-order valence-electron chi connectivity index (χ0n) is 10.4. The number of hydrogen-bond donors (Lipinski definition) is 1. The van der Waals surface area contributed by atoms with E-state index in [1.165, 1.54) is 18.4 Å². The highest BCUT2D eigenvalue weighted by molar-refractivity contribution is 6.30. The zero-order chi connectivity index (χ0) is 12.5. The van der Waals surface area contributed by atoms with E-state index in [1.807, 2.05) is 29.9 Å². The fourth-order valence-electron chi connectivity index (χ4n) is 2.09. The first-order chi connectivity index (χ1) is 8.72. The van der Waals surface area contributed by atoms with Crippen LogP contribution in [0.1, 0.15) is 18.4 Å². The van der Waals surface area contributed by atoms with Crippen molar-refractivity contribution in [2.75, 3.05) is 0 Å². The average molecular weight is 262 g/mol. The molecule has 3 rings (SSSR count). The van der Waals surface area contributed by atoms with Gasteiger partial charge in [-0.05, 0) is 25.0 Å². The van der Waals surface area contributed by atoms with E-state index in [0.717, 1.165) is 22.8 Å². The minimum atomic E-state index is 0.706. The lowest BCUT2D eigenvalue weighted by Gasteiger charge is -2.04. The Hall–Kier alpha value is -1.32. The number of aromatic nitrogens is 2. The minimum absolute atomic E-state index is 0.706. The summed E-state index contributed by atoms with van der Waals surface area (Å²) in [6.45, 7) is 0.875. The zero-order valence-corrected chi connectivity index (χ0v) is 11.1. The van der Waals surface area contributed by atoms with Crippen LogP contribution in [0.2, 0.25) is 5.02 Å². The van der Waals surface area contributed by atoms with Gasteiger partial charge in [-0.3, -0.25) is 4.68 Å². The van der Waals surface area contributed by atoms with Gasteiger partial charge in [0.1, 0.15) is 0 Å². The van der Waals surface area contributed by atoms with Crippen LogP contribution in [0.5, 0.6) is 0 Å². The number of benzene rings is 1. The molecule has 0 unspecified atom stereocenters. The smallest absolute Gasteiger partial charge is 0.0968 e. The average Bonchev–Trinajstić information content (AvgIpc) is 3.10. The van der Waals surface area contributed by atoms with Crippen LogP contribution in [0.3, 0.4) is 0 Å².